The van der Waals surface area contributed by atoms with Crippen molar-refractivity contribution < 1.29 is 44.7 Å². The maximum atomic E-state index is 11.1. The molecule has 4 aromatic carbocycles. The van der Waals surface area contributed by atoms with E-state index in [2.05, 4.69) is 94.0 Å². The zero-order chi connectivity index (χ0) is 96.8. The van der Waals surface area contributed by atoms with Gasteiger partial charge in [-0.15, -0.1) is 0 Å². The highest BCUT2D eigenvalue weighted by molar-refractivity contribution is 7.88. The van der Waals surface area contributed by atoms with Gasteiger partial charge in [-0.3, -0.25) is 23.5 Å². The third-order valence-corrected chi connectivity index (χ3v) is 7.33. The first-order valence-corrected chi connectivity index (χ1v) is 49.2. The Morgan fingerprint density at radius 1 is 0.307 bits per heavy atom. The zero-order valence-electron chi connectivity index (χ0n) is 85.5. The Balaban J connectivity index is -0.0000000348. The Bertz CT molecular complexity index is 2900. The molecular formula is C93H204N8O10S3. The summed E-state index contributed by atoms with van der Waals surface area (Å²) in [7, 11) is -9.50. The minimum Gasteiger partial charge on any atom is -0.480 e. The molecule has 11 N–H and O–H groups in total. The van der Waals surface area contributed by atoms with Crippen LogP contribution in [0.1, 0.15) is 381 Å². The predicted molar refractivity (Wildman–Crippen MR) is 537 cm³/mol. The van der Waals surface area contributed by atoms with Gasteiger partial charge >= 0.3 is 5.97 Å². The molecule has 0 aliphatic heterocycles. The van der Waals surface area contributed by atoms with Crippen molar-refractivity contribution in [3.05, 3.63) is 146 Å². The molecule has 0 bridgehead atoms. The average molecular weight is 1690 g/mol. The molecule has 694 valence electrons. The van der Waals surface area contributed by atoms with Crippen LogP contribution in [0.3, 0.4) is 0 Å². The number of nitrogens with zero attached hydrogens (tertiary/aromatic N) is 3. The molecule has 8 rings (SSSR count). The number of carbonyl (C=O) groups is 3. The van der Waals surface area contributed by atoms with Crippen LogP contribution in [0.15, 0.2) is 146 Å². The molecule has 0 fully saturated rings. The van der Waals surface area contributed by atoms with Crippen LogP contribution < -0.4 is 21.6 Å². The van der Waals surface area contributed by atoms with Gasteiger partial charge in [0.25, 0.3) is 0 Å². The number of benzene rings is 4. The second-order valence-corrected chi connectivity index (χ2v) is 20.8. The van der Waals surface area contributed by atoms with Crippen molar-refractivity contribution in [3.63, 3.8) is 0 Å². The maximum absolute atomic E-state index is 11.1. The summed E-state index contributed by atoms with van der Waals surface area (Å²) < 4.78 is 61.5. The molecule has 0 saturated carbocycles. The van der Waals surface area contributed by atoms with Crippen molar-refractivity contribution in [2.45, 2.75) is 378 Å². The number of primary sulfonamides is 3. The number of aliphatic carboxylic acids is 1. The second kappa shape index (κ2) is 170. The molecule has 0 spiro atoms. The summed E-state index contributed by atoms with van der Waals surface area (Å²) in [5.41, 5.74) is 4.12. The van der Waals surface area contributed by atoms with E-state index in [0.717, 1.165) is 51.5 Å². The van der Waals surface area contributed by atoms with Crippen LogP contribution in [0.2, 0.25) is 0 Å². The normalized spacial score (nSPS) is 7.40. The fourth-order valence-corrected chi connectivity index (χ4v) is 5.13. The second-order valence-electron chi connectivity index (χ2n) is 15.8. The monoisotopic (exact) mass is 1690 g/mol. The van der Waals surface area contributed by atoms with Gasteiger partial charge in [-0.2, -0.15) is 0 Å². The van der Waals surface area contributed by atoms with Crippen LogP contribution >= 0.6 is 0 Å². The summed E-state index contributed by atoms with van der Waals surface area (Å²) in [6.07, 6.45) is 15.1. The smallest absolute Gasteiger partial charge is 0.323 e. The number of nitrogens with two attached hydrogens (primary N) is 3. The van der Waals surface area contributed by atoms with E-state index in [-0.39, 0.29) is 24.5 Å². The summed E-state index contributed by atoms with van der Waals surface area (Å²) >= 11 is 0. The van der Waals surface area contributed by atoms with E-state index < -0.39 is 36.0 Å². The van der Waals surface area contributed by atoms with E-state index in [4.69, 9.17) is 5.11 Å². The fourth-order valence-electron chi connectivity index (χ4n) is 5.13. The fraction of sp³-hybridized carbons (Fsp3) is 0.624. The quantitative estimate of drug-likeness (QED) is 0.0945. The molecule has 4 aromatic heterocycles. The highest BCUT2D eigenvalue weighted by Crippen LogP contribution is 2.16. The third kappa shape index (κ3) is 169. The number of hydrogen-bond donors (Lipinski definition) is 6. The number of carbonyl (C=O) groups excluding carboxylic acids is 2. The summed E-state index contributed by atoms with van der Waals surface area (Å²) in [6.45, 7) is 100. The van der Waals surface area contributed by atoms with Crippen molar-refractivity contribution >= 4 is 91.5 Å². The lowest BCUT2D eigenvalue weighted by molar-refractivity contribution is -0.137. The van der Waals surface area contributed by atoms with Gasteiger partial charge in [0.15, 0.2) is 0 Å². The minimum atomic E-state index is -3.17. The molecule has 0 unspecified atom stereocenters. The first-order chi connectivity index (χ1) is 54.0. The Kier molecular flexibility index (Phi) is 261. The topological polar surface area (TPSA) is 318 Å². The number of aromatic nitrogens is 4. The van der Waals surface area contributed by atoms with Crippen molar-refractivity contribution in [3.8, 4) is 0 Å². The molecule has 0 aliphatic rings. The van der Waals surface area contributed by atoms with E-state index >= 15 is 0 Å². The largest absolute Gasteiger partial charge is 0.480 e. The number of aromatic amines is 1. The van der Waals surface area contributed by atoms with Gasteiger partial charge in [0.1, 0.15) is 6.54 Å². The molecule has 0 saturated heterocycles. The number of sulfonamides is 3. The van der Waals surface area contributed by atoms with Crippen LogP contribution in [0.4, 0.5) is 0 Å². The van der Waals surface area contributed by atoms with Crippen LogP contribution in [0, 0.1) is 0 Å². The number of carboxylic acids is 1. The highest BCUT2D eigenvalue weighted by atomic mass is 32.2. The van der Waals surface area contributed by atoms with Crippen molar-refractivity contribution in [1.29, 1.82) is 0 Å². The highest BCUT2D eigenvalue weighted by Gasteiger charge is 2.04. The molecule has 0 amide bonds. The van der Waals surface area contributed by atoms with E-state index in [1.54, 1.807) is 46.1 Å². The lowest BCUT2D eigenvalue weighted by Crippen LogP contribution is -2.07. The summed E-state index contributed by atoms with van der Waals surface area (Å²) in [5, 5.41) is 26.2. The number of fused-ring (bicyclic) bond motifs is 4. The SMILES string of the molecule is CC.CC.CC.CC.CC.CC.CC.CC.CC.CC.CC.CC.CC.CC.CC.CC.CC.CC.CC.CC.CC(=O)n1ccc2ccccc21.CC(=O)n1ccc2ccccc21.CCC.CCC.CCC.CCC.CS(N)(=O)=O.CS(N)(=O)=O.CS(N)(=O)=O.N.O=C(O)Cn1ccc2ccccc21.c1ccc2[nH]ccc2c1. The third-order valence-electron chi connectivity index (χ3n) is 7.33. The molecule has 0 aliphatic carbocycles. The molecule has 21 heteroatoms. The van der Waals surface area contributed by atoms with Gasteiger partial charge in [-0.05, 0) is 59.3 Å². The number of H-pyrrole nitrogens is 1. The van der Waals surface area contributed by atoms with E-state index in [1.807, 2.05) is 386 Å². The first-order valence-electron chi connectivity index (χ1n) is 43.3. The van der Waals surface area contributed by atoms with Crippen LogP contribution in [0.25, 0.3) is 43.6 Å². The molecule has 114 heavy (non-hydrogen) atoms. The van der Waals surface area contributed by atoms with Gasteiger partial charge in [0.05, 0.1) is 29.8 Å². The van der Waals surface area contributed by atoms with Gasteiger partial charge in [0.2, 0.25) is 41.9 Å². The van der Waals surface area contributed by atoms with Crippen LogP contribution in [-0.4, -0.2) is 85.6 Å². The molecule has 0 atom stereocenters. The number of nitrogens with one attached hydrogen (secondary N) is 1. The Morgan fingerprint density at radius 2 is 0.482 bits per heavy atom. The van der Waals surface area contributed by atoms with Gasteiger partial charge < -0.3 is 20.8 Å². The van der Waals surface area contributed by atoms with Crippen molar-refractivity contribution in [2.24, 2.45) is 15.4 Å². The summed E-state index contributed by atoms with van der Waals surface area (Å²) in [6, 6.07) is 39.5. The predicted octanol–water partition coefficient (Wildman–Crippen LogP) is 31.6. The van der Waals surface area contributed by atoms with Crippen molar-refractivity contribution in [1.82, 2.24) is 24.8 Å². The summed E-state index contributed by atoms with van der Waals surface area (Å²) in [4.78, 5) is 35.8. The lowest BCUT2D eigenvalue weighted by Gasteiger charge is -1.99. The van der Waals surface area contributed by atoms with Crippen LogP contribution in [-0.2, 0) is 41.4 Å². The molecular weight excluding hydrogens is 1490 g/mol. The Morgan fingerprint density at radius 3 is 0.684 bits per heavy atom. The number of hydrogen-bond acceptors (Lipinski definition) is 10. The average Bonchev–Trinajstić information content (AvgIpc) is 1.70. The Labute approximate surface area is 715 Å². The van der Waals surface area contributed by atoms with Crippen LogP contribution in [0.5, 0.6) is 0 Å². The van der Waals surface area contributed by atoms with Gasteiger partial charge in [-0.1, -0.05) is 431 Å². The standard InChI is InChI=1S/C10H9NO2.2C10H9NO.C8H7N.4C3H8.20C2H6.3CH5NO2S.H3N/c12-10(13)7-11-6-5-8-3-1-2-4-9(8)11;2*1-8(12)11-7-6-9-4-2-3-5-10(9)11;1-2-4-8-7(3-1)5-6-9-8;4*1-3-2;20*1-2;3*1-5(2,3)4;/h1-6H,7H2,(H,12,13);2*2-7H,1H3;1-6,9H;4*3H2,1-2H3;20*1-2H3;3*1H3,(H2,2,3,4);1H3. The lowest BCUT2D eigenvalue weighted by atomic mass is 10.2. The van der Waals surface area contributed by atoms with E-state index in [1.165, 1.54) is 36.6 Å². The van der Waals surface area contributed by atoms with Gasteiger partial charge in [-0.25, -0.2) is 40.7 Å². The summed E-state index contributed by atoms with van der Waals surface area (Å²) in [5.74, 6) is -0.714. The van der Waals surface area contributed by atoms with Gasteiger partial charge in [0, 0.05) is 60.4 Å². The minimum absolute atomic E-state index is 0. The van der Waals surface area contributed by atoms with E-state index in [9.17, 15) is 39.6 Å². The van der Waals surface area contributed by atoms with E-state index in [0.29, 0.717) is 0 Å². The molecule has 4 heterocycles. The molecule has 0 radical (unpaired) electrons. The zero-order valence-corrected chi connectivity index (χ0v) is 88.0. The first kappa shape index (κ1) is 175. The number of para-hydroxylation sites is 4. The number of rotatable bonds is 2. The van der Waals surface area contributed by atoms with Crippen molar-refractivity contribution in [2.75, 3.05) is 18.8 Å². The maximum Gasteiger partial charge on any atom is 0.323 e. The number of carboxylic acid groups (broad SMARTS) is 1. The Hall–Kier alpha value is -6.46. The molecule has 8 aromatic rings. The molecule has 18 nitrogen and oxygen atoms in total.